The molecule has 3 N–H and O–H groups in total. The van der Waals surface area contributed by atoms with Crippen LogP contribution in [0, 0.1) is 0 Å². The Morgan fingerprint density at radius 3 is 2.62 bits per heavy atom. The zero-order chi connectivity index (χ0) is 12.0. The van der Waals surface area contributed by atoms with Crippen molar-refractivity contribution in [3.8, 4) is 0 Å². The zero-order valence-corrected chi connectivity index (χ0v) is 10.2. The smallest absolute Gasteiger partial charge is 0.0720 e. The van der Waals surface area contributed by atoms with Crippen molar-refractivity contribution in [1.29, 1.82) is 0 Å². The summed E-state index contributed by atoms with van der Waals surface area (Å²) < 4.78 is 0. The number of nitrogens with two attached hydrogens (primary N) is 1. The van der Waals surface area contributed by atoms with Crippen molar-refractivity contribution in [2.45, 2.75) is 25.8 Å². The fraction of sp³-hybridized carbons (Fsp3) is 0.583. The molecule has 0 unspecified atom stereocenters. The summed E-state index contributed by atoms with van der Waals surface area (Å²) in [5.41, 5.74) is 7.17. The van der Waals surface area contributed by atoms with Crippen LogP contribution >= 0.6 is 0 Å². The normalized spacial score (nSPS) is 20.2. The van der Waals surface area contributed by atoms with E-state index in [9.17, 15) is 0 Å². The van der Waals surface area contributed by atoms with Gasteiger partial charge >= 0.3 is 0 Å². The maximum Gasteiger partial charge on any atom is 0.0720 e. The van der Waals surface area contributed by atoms with Gasteiger partial charge in [-0.15, -0.1) is 0 Å². The topological polar surface area (TPSA) is 53.7 Å². The van der Waals surface area contributed by atoms with E-state index in [1.54, 1.807) is 0 Å². The van der Waals surface area contributed by atoms with Crippen LogP contribution in [0.15, 0.2) is 29.2 Å². The predicted molar refractivity (Wildman–Crippen MR) is 69.2 cm³/mol. The molecule has 1 heterocycles. The molecule has 0 radical (unpaired) electrons. The number of aliphatic imine (C=N–C) groups is 1. The fourth-order valence-electron chi connectivity index (χ4n) is 1.69. The summed E-state index contributed by atoms with van der Waals surface area (Å²) in [6.45, 7) is 7.91. The molecular weight excluding hydrogens is 200 g/mol. The van der Waals surface area contributed by atoms with Crippen LogP contribution in [0.25, 0.3) is 0 Å². The van der Waals surface area contributed by atoms with Crippen LogP contribution in [0.2, 0.25) is 0 Å². The molecule has 0 atom stereocenters. The lowest BCUT2D eigenvalue weighted by Crippen LogP contribution is -2.32. The van der Waals surface area contributed by atoms with Gasteiger partial charge in [-0.05, 0) is 39.9 Å². The van der Waals surface area contributed by atoms with E-state index in [2.05, 4.69) is 28.8 Å². The molecular formula is C12H22N4. The largest absolute Gasteiger partial charge is 0.403 e. The third-order valence-corrected chi connectivity index (χ3v) is 2.65. The Balaban J connectivity index is 2.42. The third-order valence-electron chi connectivity index (χ3n) is 2.65. The monoisotopic (exact) mass is 222 g/mol. The quantitative estimate of drug-likeness (QED) is 0.700. The second-order valence-corrected chi connectivity index (χ2v) is 4.34. The molecule has 0 saturated carbocycles. The number of piperidine rings is 1. The first kappa shape index (κ1) is 12.8. The number of hydrogen-bond acceptors (Lipinski definition) is 4. The lowest BCUT2D eigenvalue weighted by molar-refractivity contribution is 0.257. The number of nitrogens with one attached hydrogen (secondary N) is 1. The number of rotatable bonds is 4. The Morgan fingerprint density at radius 1 is 1.50 bits per heavy atom. The average Bonchev–Trinajstić information content (AvgIpc) is 2.26. The molecule has 0 bridgehead atoms. The lowest BCUT2D eigenvalue weighted by Gasteiger charge is -2.26. The Hall–Kier alpha value is -1.29. The molecule has 0 amide bonds. The summed E-state index contributed by atoms with van der Waals surface area (Å²) in [4.78, 5) is 6.87. The van der Waals surface area contributed by atoms with E-state index >= 15 is 0 Å². The number of allylic oxidation sites excluding steroid dienone is 2. The van der Waals surface area contributed by atoms with Gasteiger partial charge in [0.05, 0.1) is 11.7 Å². The molecule has 1 aliphatic heterocycles. The maximum absolute atomic E-state index is 5.49. The molecule has 0 aromatic carbocycles. The van der Waals surface area contributed by atoms with Gasteiger partial charge < -0.3 is 16.0 Å². The van der Waals surface area contributed by atoms with Crippen LogP contribution in [0.4, 0.5) is 0 Å². The van der Waals surface area contributed by atoms with E-state index in [1.807, 2.05) is 13.1 Å². The molecule has 16 heavy (non-hydrogen) atoms. The predicted octanol–water partition coefficient (Wildman–Crippen LogP) is 1.07. The van der Waals surface area contributed by atoms with Crippen molar-refractivity contribution in [1.82, 2.24) is 10.2 Å². The minimum Gasteiger partial charge on any atom is -0.403 e. The molecule has 4 heteroatoms. The second kappa shape index (κ2) is 6.33. The summed E-state index contributed by atoms with van der Waals surface area (Å²) in [7, 11) is 2.15. The van der Waals surface area contributed by atoms with Gasteiger partial charge in [-0.25, -0.2) is 0 Å². The first-order chi connectivity index (χ1) is 7.61. The van der Waals surface area contributed by atoms with Gasteiger partial charge in [0, 0.05) is 18.1 Å². The summed E-state index contributed by atoms with van der Waals surface area (Å²) in [5, 5.41) is 3.06. The molecule has 1 fully saturated rings. The standard InChI is InChI=1S/C12H22N4/c1-10(2)15-12(8-13)9-14-11-4-6-16(3)7-5-11/h8-9,11,15H,1,4-7,13H2,2-3H3/b12-8+,14-9?. The Morgan fingerprint density at radius 2 is 2.12 bits per heavy atom. The Kier molecular flexibility index (Phi) is 5.05. The van der Waals surface area contributed by atoms with Crippen molar-refractivity contribution < 1.29 is 0 Å². The van der Waals surface area contributed by atoms with Crippen LogP contribution in [0.5, 0.6) is 0 Å². The number of likely N-dealkylation sites (tertiary alicyclic amines) is 1. The SMILES string of the molecule is C=C(C)N/C(C=NC1CCN(C)CC1)=C/N. The van der Waals surface area contributed by atoms with E-state index in [0.29, 0.717) is 6.04 Å². The van der Waals surface area contributed by atoms with Crippen LogP contribution in [0.3, 0.4) is 0 Å². The van der Waals surface area contributed by atoms with Crippen molar-refractivity contribution >= 4 is 6.21 Å². The molecule has 4 nitrogen and oxygen atoms in total. The highest BCUT2D eigenvalue weighted by atomic mass is 15.1. The molecule has 90 valence electrons. The minimum absolute atomic E-state index is 0.429. The Bertz CT molecular complexity index is 285. The highest BCUT2D eigenvalue weighted by molar-refractivity contribution is 5.78. The Labute approximate surface area is 97.9 Å². The number of nitrogens with zero attached hydrogens (tertiary/aromatic N) is 2. The minimum atomic E-state index is 0.429. The van der Waals surface area contributed by atoms with E-state index in [-0.39, 0.29) is 0 Å². The summed E-state index contributed by atoms with van der Waals surface area (Å²) in [6, 6.07) is 0.429. The fourth-order valence-corrected chi connectivity index (χ4v) is 1.69. The highest BCUT2D eigenvalue weighted by Gasteiger charge is 2.14. The molecule has 1 aliphatic rings. The zero-order valence-electron chi connectivity index (χ0n) is 10.2. The maximum atomic E-state index is 5.49. The van der Waals surface area contributed by atoms with Gasteiger partial charge in [0.1, 0.15) is 0 Å². The molecule has 0 aromatic rings. The molecule has 1 saturated heterocycles. The van der Waals surface area contributed by atoms with Crippen molar-refractivity contribution in [2.75, 3.05) is 20.1 Å². The lowest BCUT2D eigenvalue weighted by atomic mass is 10.1. The van der Waals surface area contributed by atoms with Crippen molar-refractivity contribution in [3.05, 3.63) is 24.2 Å². The van der Waals surface area contributed by atoms with Crippen LogP contribution in [-0.2, 0) is 0 Å². The average molecular weight is 222 g/mol. The van der Waals surface area contributed by atoms with Crippen LogP contribution in [0.1, 0.15) is 19.8 Å². The highest BCUT2D eigenvalue weighted by Crippen LogP contribution is 2.11. The van der Waals surface area contributed by atoms with Crippen molar-refractivity contribution in [3.63, 3.8) is 0 Å². The van der Waals surface area contributed by atoms with Gasteiger partial charge in [-0.1, -0.05) is 6.58 Å². The van der Waals surface area contributed by atoms with Gasteiger partial charge in [0.25, 0.3) is 0 Å². The summed E-state index contributed by atoms with van der Waals surface area (Å²) >= 11 is 0. The van der Waals surface area contributed by atoms with E-state index in [4.69, 9.17) is 5.73 Å². The summed E-state index contributed by atoms with van der Waals surface area (Å²) in [6.07, 6.45) is 5.58. The van der Waals surface area contributed by atoms with Crippen molar-refractivity contribution in [2.24, 2.45) is 10.7 Å². The first-order valence-corrected chi connectivity index (χ1v) is 5.68. The summed E-state index contributed by atoms with van der Waals surface area (Å²) in [5.74, 6) is 0. The van der Waals surface area contributed by atoms with Crippen LogP contribution < -0.4 is 11.1 Å². The van der Waals surface area contributed by atoms with Gasteiger partial charge in [-0.2, -0.15) is 0 Å². The van der Waals surface area contributed by atoms with Gasteiger partial charge in [0.2, 0.25) is 0 Å². The first-order valence-electron chi connectivity index (χ1n) is 5.68. The molecule has 0 spiro atoms. The van der Waals surface area contributed by atoms with E-state index in [0.717, 1.165) is 37.3 Å². The van der Waals surface area contributed by atoms with Crippen LogP contribution in [-0.4, -0.2) is 37.3 Å². The third kappa shape index (κ3) is 4.49. The van der Waals surface area contributed by atoms with E-state index in [1.165, 1.54) is 6.20 Å². The molecule has 0 aromatic heterocycles. The van der Waals surface area contributed by atoms with E-state index < -0.39 is 0 Å². The molecule has 1 rings (SSSR count). The van der Waals surface area contributed by atoms with Gasteiger partial charge in [0.15, 0.2) is 0 Å². The molecule has 0 aliphatic carbocycles. The van der Waals surface area contributed by atoms with Gasteiger partial charge in [-0.3, -0.25) is 4.99 Å². The second-order valence-electron chi connectivity index (χ2n) is 4.34. The number of hydrogen-bond donors (Lipinski definition) is 2.